The van der Waals surface area contributed by atoms with Crippen LogP contribution in [0.5, 0.6) is 0 Å². The minimum absolute atomic E-state index is 0.0282. The summed E-state index contributed by atoms with van der Waals surface area (Å²) >= 11 is 0. The first-order chi connectivity index (χ1) is 17.8. The molecule has 0 saturated heterocycles. The maximum atomic E-state index is 13.1. The average Bonchev–Trinajstić information content (AvgIpc) is 2.84. The molecule has 2 rings (SSSR count). The predicted molar refractivity (Wildman–Crippen MR) is 144 cm³/mol. The molecule has 0 radical (unpaired) electrons. The number of sulfone groups is 1. The zero-order chi connectivity index (χ0) is 28.3. The molecule has 0 saturated carbocycles. The number of hydrogen-bond acceptors (Lipinski definition) is 7. The maximum Gasteiger partial charge on any atom is 0.408 e. The van der Waals surface area contributed by atoms with Crippen molar-refractivity contribution >= 4 is 27.8 Å². The highest BCUT2D eigenvalue weighted by Crippen LogP contribution is 2.14. The zero-order valence-corrected chi connectivity index (χ0v) is 23.2. The van der Waals surface area contributed by atoms with Gasteiger partial charge in [0.25, 0.3) is 0 Å². The molecule has 2 atom stereocenters. The Labute approximate surface area is 224 Å². The first kappa shape index (κ1) is 30.6. The van der Waals surface area contributed by atoms with Crippen LogP contribution in [0, 0.1) is 5.92 Å². The number of ether oxygens (including phenoxy) is 2. The molecule has 0 heterocycles. The highest BCUT2D eigenvalue weighted by atomic mass is 32.2. The Balaban J connectivity index is 2.16. The number of rotatable bonds is 11. The second-order valence-electron chi connectivity index (χ2n) is 10.0. The van der Waals surface area contributed by atoms with Gasteiger partial charge >= 0.3 is 12.1 Å². The van der Waals surface area contributed by atoms with Crippen molar-refractivity contribution in [3.63, 3.8) is 0 Å². The Hall–Kier alpha value is -3.66. The smallest absolute Gasteiger partial charge is 0.408 e. The molecule has 10 heteroatoms. The molecule has 0 fully saturated rings. The van der Waals surface area contributed by atoms with E-state index in [1.54, 1.807) is 65.0 Å². The van der Waals surface area contributed by atoms with Gasteiger partial charge in [0.05, 0.1) is 17.4 Å². The molecule has 38 heavy (non-hydrogen) atoms. The first-order valence-corrected chi connectivity index (χ1v) is 13.8. The van der Waals surface area contributed by atoms with Crippen molar-refractivity contribution in [2.45, 2.75) is 70.2 Å². The standard InChI is InChI=1S/C28H36N2O7S/c1-20(2)25(30-27(33)36-19-21-12-8-6-9-13-21)26(32)29-22(18-24(31)37-28(3,4)5)16-17-38(34,35)23-14-10-7-11-15-23/h6-17,20,22,25H,18-19H2,1-5H3,(H,29,32)(H,30,33)/b17-16+/t22-,25+/m1/s1. The van der Waals surface area contributed by atoms with Crippen LogP contribution >= 0.6 is 0 Å². The summed E-state index contributed by atoms with van der Waals surface area (Å²) < 4.78 is 36.0. The van der Waals surface area contributed by atoms with E-state index in [0.29, 0.717) is 0 Å². The number of alkyl carbamates (subject to hydrolysis) is 1. The van der Waals surface area contributed by atoms with Crippen LogP contribution in [-0.2, 0) is 35.5 Å². The van der Waals surface area contributed by atoms with Crippen molar-refractivity contribution in [2.75, 3.05) is 0 Å². The third kappa shape index (κ3) is 10.8. The van der Waals surface area contributed by atoms with Crippen LogP contribution < -0.4 is 10.6 Å². The van der Waals surface area contributed by atoms with E-state index in [-0.39, 0.29) is 23.8 Å². The average molecular weight is 545 g/mol. The van der Waals surface area contributed by atoms with Crippen molar-refractivity contribution in [3.05, 3.63) is 77.7 Å². The molecule has 0 aliphatic carbocycles. The predicted octanol–water partition coefficient (Wildman–Crippen LogP) is 4.14. The number of benzene rings is 2. The minimum Gasteiger partial charge on any atom is -0.460 e. The quantitative estimate of drug-likeness (QED) is 0.407. The number of esters is 1. The first-order valence-electron chi connectivity index (χ1n) is 12.2. The van der Waals surface area contributed by atoms with Crippen molar-refractivity contribution in [1.29, 1.82) is 0 Å². The summed E-state index contributed by atoms with van der Waals surface area (Å²) in [5.74, 6) is -1.56. The molecule has 0 bridgehead atoms. The van der Waals surface area contributed by atoms with Gasteiger partial charge in [-0.25, -0.2) is 13.2 Å². The lowest BCUT2D eigenvalue weighted by molar-refractivity contribution is -0.155. The van der Waals surface area contributed by atoms with E-state index in [1.165, 1.54) is 18.2 Å². The molecule has 2 aromatic rings. The molecule has 0 spiro atoms. The van der Waals surface area contributed by atoms with Crippen molar-refractivity contribution in [2.24, 2.45) is 5.92 Å². The van der Waals surface area contributed by atoms with Gasteiger partial charge in [-0.2, -0.15) is 0 Å². The number of nitrogens with one attached hydrogen (secondary N) is 2. The Kier molecular flexibility index (Phi) is 11.1. The molecule has 0 aliphatic rings. The third-order valence-electron chi connectivity index (χ3n) is 5.13. The van der Waals surface area contributed by atoms with Crippen LogP contribution in [0.25, 0.3) is 0 Å². The molecule has 0 aromatic heterocycles. The molecule has 206 valence electrons. The van der Waals surface area contributed by atoms with Crippen LogP contribution in [0.1, 0.15) is 46.6 Å². The number of hydrogen-bond donors (Lipinski definition) is 2. The van der Waals surface area contributed by atoms with E-state index in [4.69, 9.17) is 9.47 Å². The van der Waals surface area contributed by atoms with Crippen LogP contribution in [0.4, 0.5) is 4.79 Å². The molecule has 0 unspecified atom stereocenters. The largest absolute Gasteiger partial charge is 0.460 e. The Morgan fingerprint density at radius 1 is 0.921 bits per heavy atom. The van der Waals surface area contributed by atoms with Gasteiger partial charge in [-0.1, -0.05) is 62.4 Å². The number of carbonyl (C=O) groups excluding carboxylic acids is 3. The van der Waals surface area contributed by atoms with E-state index in [0.717, 1.165) is 11.0 Å². The van der Waals surface area contributed by atoms with Crippen LogP contribution in [0.3, 0.4) is 0 Å². The van der Waals surface area contributed by atoms with E-state index < -0.39 is 45.5 Å². The van der Waals surface area contributed by atoms with E-state index in [9.17, 15) is 22.8 Å². The van der Waals surface area contributed by atoms with Crippen LogP contribution in [0.2, 0.25) is 0 Å². The summed E-state index contributed by atoms with van der Waals surface area (Å²) in [6.07, 6.45) is 0.135. The summed E-state index contributed by atoms with van der Waals surface area (Å²) in [7, 11) is -3.83. The van der Waals surface area contributed by atoms with Crippen molar-refractivity contribution < 1.29 is 32.3 Å². The van der Waals surface area contributed by atoms with Gasteiger partial charge in [-0.05, 0) is 50.5 Å². The Bertz CT molecular complexity index is 1200. The normalized spacial score (nSPS) is 13.5. The van der Waals surface area contributed by atoms with E-state index in [1.807, 2.05) is 18.2 Å². The van der Waals surface area contributed by atoms with Gasteiger partial charge in [-0.15, -0.1) is 0 Å². The molecule has 9 nitrogen and oxygen atoms in total. The maximum absolute atomic E-state index is 13.1. The molecule has 2 aromatic carbocycles. The lowest BCUT2D eigenvalue weighted by Crippen LogP contribution is -2.52. The molecular weight excluding hydrogens is 508 g/mol. The number of amides is 2. The van der Waals surface area contributed by atoms with Crippen LogP contribution in [-0.4, -0.2) is 44.1 Å². The summed E-state index contributed by atoms with van der Waals surface area (Å²) in [5.41, 5.74) is 0.0195. The van der Waals surface area contributed by atoms with E-state index >= 15 is 0 Å². The lowest BCUT2D eigenvalue weighted by Gasteiger charge is -2.25. The van der Waals surface area contributed by atoms with Gasteiger partial charge in [0.1, 0.15) is 18.2 Å². The van der Waals surface area contributed by atoms with Gasteiger partial charge in [0, 0.05) is 5.41 Å². The van der Waals surface area contributed by atoms with Gasteiger partial charge in [-0.3, -0.25) is 9.59 Å². The molecule has 2 amide bonds. The third-order valence-corrected chi connectivity index (χ3v) is 6.58. The summed E-state index contributed by atoms with van der Waals surface area (Å²) in [5, 5.41) is 6.15. The fraction of sp³-hybridized carbons (Fsp3) is 0.393. The zero-order valence-electron chi connectivity index (χ0n) is 22.3. The second kappa shape index (κ2) is 13.8. The monoisotopic (exact) mass is 544 g/mol. The van der Waals surface area contributed by atoms with Crippen molar-refractivity contribution in [1.82, 2.24) is 10.6 Å². The Morgan fingerprint density at radius 3 is 2.05 bits per heavy atom. The summed E-state index contributed by atoms with van der Waals surface area (Å²) in [6, 6.07) is 14.8. The molecule has 2 N–H and O–H groups in total. The van der Waals surface area contributed by atoms with Crippen LogP contribution in [0.15, 0.2) is 77.0 Å². The van der Waals surface area contributed by atoms with Gasteiger partial charge in [0.15, 0.2) is 9.84 Å². The van der Waals surface area contributed by atoms with Gasteiger partial charge < -0.3 is 20.1 Å². The topological polar surface area (TPSA) is 128 Å². The van der Waals surface area contributed by atoms with Gasteiger partial charge in [0.2, 0.25) is 5.91 Å². The number of carbonyl (C=O) groups is 3. The second-order valence-corrected chi connectivity index (χ2v) is 11.9. The lowest BCUT2D eigenvalue weighted by atomic mass is 10.0. The minimum atomic E-state index is -3.83. The van der Waals surface area contributed by atoms with E-state index in [2.05, 4.69) is 10.6 Å². The fourth-order valence-electron chi connectivity index (χ4n) is 3.32. The highest BCUT2D eigenvalue weighted by molar-refractivity contribution is 7.94. The summed E-state index contributed by atoms with van der Waals surface area (Å²) in [6.45, 7) is 8.61. The molecule has 0 aliphatic heterocycles. The van der Waals surface area contributed by atoms with Crippen molar-refractivity contribution in [3.8, 4) is 0 Å². The Morgan fingerprint density at radius 2 is 1.50 bits per heavy atom. The summed E-state index contributed by atoms with van der Waals surface area (Å²) in [4.78, 5) is 38.1. The highest BCUT2D eigenvalue weighted by Gasteiger charge is 2.28. The fourth-order valence-corrected chi connectivity index (χ4v) is 4.41. The SMILES string of the molecule is CC(C)[C@H](NC(=O)OCc1ccccc1)C(=O)N[C@H](/C=C/S(=O)(=O)c1ccccc1)CC(=O)OC(C)(C)C. The molecular formula is C28H36N2O7S.